The molecule has 1 saturated heterocycles. The lowest BCUT2D eigenvalue weighted by Crippen LogP contribution is -2.41. The number of rotatable bonds is 4. The van der Waals surface area contributed by atoms with Crippen molar-refractivity contribution in [2.75, 3.05) is 39.6 Å². The van der Waals surface area contributed by atoms with Crippen LogP contribution in [-0.2, 0) is 4.74 Å². The Hall–Kier alpha value is -1.75. The van der Waals surface area contributed by atoms with Crippen LogP contribution in [0.1, 0.15) is 23.2 Å². The smallest absolute Gasteiger partial charge is 0.253 e. The Balaban J connectivity index is 2.08. The van der Waals surface area contributed by atoms with E-state index < -0.39 is 0 Å². The monoisotopic (exact) mass is 278 g/mol. The first-order valence-corrected chi connectivity index (χ1v) is 6.87. The predicted octanol–water partition coefficient (Wildman–Crippen LogP) is 1.78. The number of anilines is 1. The highest BCUT2D eigenvalue weighted by Gasteiger charge is 2.24. The molecule has 2 rings (SSSR count). The highest BCUT2D eigenvalue weighted by atomic mass is 16.5. The van der Waals surface area contributed by atoms with Crippen LogP contribution in [0.4, 0.5) is 5.69 Å². The van der Waals surface area contributed by atoms with Crippen LogP contribution >= 0.6 is 0 Å². The third kappa shape index (κ3) is 3.22. The first-order valence-electron chi connectivity index (χ1n) is 6.87. The Labute approximate surface area is 119 Å². The van der Waals surface area contributed by atoms with Gasteiger partial charge in [0.2, 0.25) is 0 Å². The van der Waals surface area contributed by atoms with Crippen LogP contribution in [0.2, 0.25) is 0 Å². The van der Waals surface area contributed by atoms with Gasteiger partial charge in [-0.25, -0.2) is 0 Å². The molecule has 1 aromatic carbocycles. The van der Waals surface area contributed by atoms with Gasteiger partial charge in [0.25, 0.3) is 5.91 Å². The van der Waals surface area contributed by atoms with E-state index in [2.05, 4.69) is 0 Å². The fraction of sp³-hybridized carbons (Fsp3) is 0.533. The maximum atomic E-state index is 12.5. The number of carbonyl (C=O) groups excluding carboxylic acids is 1. The van der Waals surface area contributed by atoms with Gasteiger partial charge in [-0.05, 0) is 37.0 Å². The average molecular weight is 278 g/mol. The first-order chi connectivity index (χ1) is 9.65. The second-order valence-electron chi connectivity index (χ2n) is 5.17. The van der Waals surface area contributed by atoms with Crippen LogP contribution in [-0.4, -0.2) is 44.7 Å². The Morgan fingerprint density at radius 1 is 1.45 bits per heavy atom. The van der Waals surface area contributed by atoms with Gasteiger partial charge in [-0.2, -0.15) is 0 Å². The fourth-order valence-corrected chi connectivity index (χ4v) is 2.67. The van der Waals surface area contributed by atoms with Crippen LogP contribution < -0.4 is 10.5 Å². The van der Waals surface area contributed by atoms with Crippen LogP contribution in [0.25, 0.3) is 0 Å². The molecular weight excluding hydrogens is 256 g/mol. The number of methoxy groups -OCH3 is 2. The molecule has 1 atom stereocenters. The van der Waals surface area contributed by atoms with Gasteiger partial charge in [-0.3, -0.25) is 4.79 Å². The molecule has 0 aromatic heterocycles. The SMILES string of the molecule is COCC1CCCN(C(=O)c2ccc(OC)c(N)c2)C1. The van der Waals surface area contributed by atoms with Gasteiger partial charge in [0, 0.05) is 25.8 Å². The molecule has 0 saturated carbocycles. The molecule has 20 heavy (non-hydrogen) atoms. The van der Waals surface area contributed by atoms with Crippen molar-refractivity contribution in [2.45, 2.75) is 12.8 Å². The molecule has 5 heteroatoms. The molecule has 110 valence electrons. The van der Waals surface area contributed by atoms with Gasteiger partial charge in [-0.1, -0.05) is 0 Å². The summed E-state index contributed by atoms with van der Waals surface area (Å²) < 4.78 is 10.3. The van der Waals surface area contributed by atoms with E-state index in [1.54, 1.807) is 32.4 Å². The van der Waals surface area contributed by atoms with E-state index in [1.165, 1.54) is 0 Å². The number of piperidine rings is 1. The Kier molecular flexibility index (Phi) is 4.84. The summed E-state index contributed by atoms with van der Waals surface area (Å²) in [5.74, 6) is 1.05. The summed E-state index contributed by atoms with van der Waals surface area (Å²) in [5.41, 5.74) is 6.96. The number of nitrogens with zero attached hydrogens (tertiary/aromatic N) is 1. The quantitative estimate of drug-likeness (QED) is 0.853. The number of amides is 1. The van der Waals surface area contributed by atoms with Gasteiger partial charge < -0.3 is 20.1 Å². The number of nitrogen functional groups attached to an aromatic ring is 1. The minimum absolute atomic E-state index is 0.0279. The van der Waals surface area contributed by atoms with Crippen LogP contribution in [0.5, 0.6) is 5.75 Å². The summed E-state index contributed by atoms with van der Waals surface area (Å²) in [6.45, 7) is 2.25. The molecular formula is C15H22N2O3. The van der Waals surface area contributed by atoms with E-state index in [9.17, 15) is 4.79 Å². The summed E-state index contributed by atoms with van der Waals surface area (Å²) in [6, 6.07) is 5.18. The third-order valence-corrected chi connectivity index (χ3v) is 3.69. The molecule has 0 spiro atoms. The summed E-state index contributed by atoms with van der Waals surface area (Å²) in [7, 11) is 3.26. The zero-order valence-corrected chi connectivity index (χ0v) is 12.1. The van der Waals surface area contributed by atoms with E-state index in [0.717, 1.165) is 25.9 Å². The zero-order valence-electron chi connectivity index (χ0n) is 12.1. The zero-order chi connectivity index (χ0) is 14.5. The normalized spacial score (nSPS) is 18.9. The Morgan fingerprint density at radius 2 is 2.25 bits per heavy atom. The maximum Gasteiger partial charge on any atom is 0.253 e. The number of ether oxygens (including phenoxy) is 2. The highest BCUT2D eigenvalue weighted by Crippen LogP contribution is 2.24. The first kappa shape index (κ1) is 14.7. The molecule has 1 heterocycles. The van der Waals surface area contributed by atoms with Crippen LogP contribution in [0.15, 0.2) is 18.2 Å². The molecule has 1 unspecified atom stereocenters. The molecule has 2 N–H and O–H groups in total. The molecule has 1 aliphatic rings. The van der Waals surface area contributed by atoms with Crippen molar-refractivity contribution in [3.05, 3.63) is 23.8 Å². The van der Waals surface area contributed by atoms with E-state index in [1.807, 2.05) is 4.90 Å². The summed E-state index contributed by atoms with van der Waals surface area (Å²) in [5, 5.41) is 0. The number of hydrogen-bond donors (Lipinski definition) is 1. The minimum atomic E-state index is 0.0279. The fourth-order valence-electron chi connectivity index (χ4n) is 2.67. The maximum absolute atomic E-state index is 12.5. The lowest BCUT2D eigenvalue weighted by molar-refractivity contribution is 0.0571. The molecule has 1 aliphatic heterocycles. The van der Waals surface area contributed by atoms with Crippen molar-refractivity contribution in [2.24, 2.45) is 5.92 Å². The highest BCUT2D eigenvalue weighted by molar-refractivity contribution is 5.95. The van der Waals surface area contributed by atoms with Crippen molar-refractivity contribution >= 4 is 11.6 Å². The molecule has 0 radical (unpaired) electrons. The van der Waals surface area contributed by atoms with Crippen molar-refractivity contribution in [3.8, 4) is 5.75 Å². The number of likely N-dealkylation sites (tertiary alicyclic amines) is 1. The standard InChI is InChI=1S/C15H22N2O3/c1-19-10-11-4-3-7-17(9-11)15(18)12-5-6-14(20-2)13(16)8-12/h5-6,8,11H,3-4,7,9-10,16H2,1-2H3. The van der Waals surface area contributed by atoms with E-state index in [0.29, 0.717) is 29.5 Å². The molecule has 1 aromatic rings. The van der Waals surface area contributed by atoms with Gasteiger partial charge in [-0.15, -0.1) is 0 Å². The second kappa shape index (κ2) is 6.61. The Morgan fingerprint density at radius 3 is 2.90 bits per heavy atom. The van der Waals surface area contributed by atoms with Crippen LogP contribution in [0.3, 0.4) is 0 Å². The molecule has 1 fully saturated rings. The summed E-state index contributed by atoms with van der Waals surface area (Å²) in [4.78, 5) is 14.4. The van der Waals surface area contributed by atoms with Crippen LogP contribution in [0, 0.1) is 5.92 Å². The third-order valence-electron chi connectivity index (χ3n) is 3.69. The number of benzene rings is 1. The topological polar surface area (TPSA) is 64.8 Å². The van der Waals surface area contributed by atoms with Crippen molar-refractivity contribution in [3.63, 3.8) is 0 Å². The molecule has 0 bridgehead atoms. The number of nitrogens with two attached hydrogens (primary N) is 1. The van der Waals surface area contributed by atoms with Crippen molar-refractivity contribution in [1.29, 1.82) is 0 Å². The molecule has 0 aliphatic carbocycles. The van der Waals surface area contributed by atoms with Crippen molar-refractivity contribution in [1.82, 2.24) is 4.90 Å². The van der Waals surface area contributed by atoms with E-state index in [-0.39, 0.29) is 5.91 Å². The lowest BCUT2D eigenvalue weighted by Gasteiger charge is -2.32. The Bertz CT molecular complexity index is 474. The summed E-state index contributed by atoms with van der Waals surface area (Å²) >= 11 is 0. The number of carbonyl (C=O) groups is 1. The number of hydrogen-bond acceptors (Lipinski definition) is 4. The lowest BCUT2D eigenvalue weighted by atomic mass is 9.98. The minimum Gasteiger partial charge on any atom is -0.495 e. The van der Waals surface area contributed by atoms with Crippen molar-refractivity contribution < 1.29 is 14.3 Å². The predicted molar refractivity (Wildman–Crippen MR) is 77.9 cm³/mol. The average Bonchev–Trinajstić information content (AvgIpc) is 2.47. The largest absolute Gasteiger partial charge is 0.495 e. The van der Waals surface area contributed by atoms with Gasteiger partial charge >= 0.3 is 0 Å². The second-order valence-corrected chi connectivity index (χ2v) is 5.17. The summed E-state index contributed by atoms with van der Waals surface area (Å²) in [6.07, 6.45) is 2.13. The van der Waals surface area contributed by atoms with Gasteiger partial charge in [0.15, 0.2) is 0 Å². The molecule has 5 nitrogen and oxygen atoms in total. The van der Waals surface area contributed by atoms with Gasteiger partial charge in [0.05, 0.1) is 19.4 Å². The molecule has 1 amide bonds. The van der Waals surface area contributed by atoms with E-state index in [4.69, 9.17) is 15.2 Å². The van der Waals surface area contributed by atoms with Gasteiger partial charge in [0.1, 0.15) is 5.75 Å². The van der Waals surface area contributed by atoms with E-state index >= 15 is 0 Å².